The third kappa shape index (κ3) is 3.85. The van der Waals surface area contributed by atoms with Crippen molar-refractivity contribution >= 4 is 15.9 Å². The molecule has 0 bridgehead atoms. The zero-order valence-electron chi connectivity index (χ0n) is 9.81. The summed E-state index contributed by atoms with van der Waals surface area (Å²) in [5.41, 5.74) is 6.64. The summed E-state index contributed by atoms with van der Waals surface area (Å²) >= 11 is 3.36. The highest BCUT2D eigenvalue weighted by Gasteiger charge is 2.17. The summed E-state index contributed by atoms with van der Waals surface area (Å²) < 4.78 is 19.8. The number of hydrogen-bond donors (Lipinski definition) is 1. The van der Waals surface area contributed by atoms with Crippen molar-refractivity contribution in [3.05, 3.63) is 33.5 Å². The van der Waals surface area contributed by atoms with Gasteiger partial charge in [0.2, 0.25) is 0 Å². The maximum absolute atomic E-state index is 14.0. The van der Waals surface area contributed by atoms with Crippen LogP contribution >= 0.6 is 15.9 Å². The van der Waals surface area contributed by atoms with E-state index >= 15 is 0 Å². The maximum atomic E-state index is 14.0. The second kappa shape index (κ2) is 5.25. The van der Waals surface area contributed by atoms with Crippen LogP contribution in [-0.4, -0.2) is 12.6 Å². The van der Waals surface area contributed by atoms with Crippen molar-refractivity contribution in [2.75, 3.05) is 7.11 Å². The topological polar surface area (TPSA) is 35.2 Å². The fourth-order valence-electron chi connectivity index (χ4n) is 1.59. The molecular formula is C12H17BrFNO. The Hall–Kier alpha value is -0.450. The smallest absolute Gasteiger partial charge is 0.132 e. The molecule has 0 saturated carbocycles. The Bertz CT molecular complexity index is 374. The molecule has 0 radical (unpaired) electrons. The molecule has 0 aliphatic heterocycles. The lowest BCUT2D eigenvalue weighted by molar-refractivity contribution is 0.181. The zero-order valence-corrected chi connectivity index (χ0v) is 11.4. The third-order valence-electron chi connectivity index (χ3n) is 2.13. The number of hydrogen-bond acceptors (Lipinski definition) is 2. The van der Waals surface area contributed by atoms with Crippen LogP contribution in [0.5, 0.6) is 0 Å². The molecule has 0 aromatic heterocycles. The highest BCUT2D eigenvalue weighted by molar-refractivity contribution is 9.10. The molecular weight excluding hydrogens is 273 g/mol. The Balaban J connectivity index is 3.09. The van der Waals surface area contributed by atoms with Crippen molar-refractivity contribution in [2.24, 2.45) is 5.73 Å². The fourth-order valence-corrected chi connectivity index (χ4v) is 2.14. The highest BCUT2D eigenvalue weighted by Crippen LogP contribution is 2.23. The fraction of sp³-hybridized carbons (Fsp3) is 0.500. The Kier molecular flexibility index (Phi) is 4.47. The lowest BCUT2D eigenvalue weighted by atomic mass is 9.95. The SMILES string of the molecule is COCc1cc(Br)cc(CC(C)(C)N)c1F. The first kappa shape index (κ1) is 13.6. The second-order valence-electron chi connectivity index (χ2n) is 4.64. The lowest BCUT2D eigenvalue weighted by Gasteiger charge is -2.20. The van der Waals surface area contributed by atoms with Crippen LogP contribution in [-0.2, 0) is 17.8 Å². The summed E-state index contributed by atoms with van der Waals surface area (Å²) in [6.45, 7) is 4.02. The molecule has 0 unspecified atom stereocenters. The minimum atomic E-state index is -0.425. The van der Waals surface area contributed by atoms with Gasteiger partial charge in [-0.05, 0) is 38.0 Å². The molecule has 1 aromatic carbocycles. The average molecular weight is 290 g/mol. The average Bonchev–Trinajstić information content (AvgIpc) is 2.11. The van der Waals surface area contributed by atoms with Gasteiger partial charge in [0.15, 0.2) is 0 Å². The van der Waals surface area contributed by atoms with Crippen molar-refractivity contribution in [1.82, 2.24) is 0 Å². The number of benzene rings is 1. The molecule has 1 rings (SSSR count). The number of halogens is 2. The summed E-state index contributed by atoms with van der Waals surface area (Å²) in [4.78, 5) is 0. The van der Waals surface area contributed by atoms with E-state index in [2.05, 4.69) is 15.9 Å². The van der Waals surface area contributed by atoms with Gasteiger partial charge in [-0.3, -0.25) is 0 Å². The van der Waals surface area contributed by atoms with E-state index in [0.717, 1.165) is 4.47 Å². The highest BCUT2D eigenvalue weighted by atomic mass is 79.9. The summed E-state index contributed by atoms with van der Waals surface area (Å²) in [6.07, 6.45) is 0.495. The monoisotopic (exact) mass is 289 g/mol. The van der Waals surface area contributed by atoms with Crippen molar-refractivity contribution in [3.63, 3.8) is 0 Å². The van der Waals surface area contributed by atoms with Gasteiger partial charge in [-0.15, -0.1) is 0 Å². The predicted molar refractivity (Wildman–Crippen MR) is 66.8 cm³/mol. The molecule has 0 saturated heterocycles. The van der Waals surface area contributed by atoms with Gasteiger partial charge in [0.05, 0.1) is 6.61 Å². The number of ether oxygens (including phenoxy) is 1. The summed E-state index contributed by atoms with van der Waals surface area (Å²) in [7, 11) is 1.55. The molecule has 90 valence electrons. The first-order valence-corrected chi connectivity index (χ1v) is 5.87. The Morgan fingerprint density at radius 3 is 2.44 bits per heavy atom. The van der Waals surface area contributed by atoms with Gasteiger partial charge in [0.25, 0.3) is 0 Å². The van der Waals surface area contributed by atoms with Crippen LogP contribution in [0.15, 0.2) is 16.6 Å². The van der Waals surface area contributed by atoms with Crippen LogP contribution in [0.4, 0.5) is 4.39 Å². The van der Waals surface area contributed by atoms with E-state index in [1.54, 1.807) is 19.2 Å². The van der Waals surface area contributed by atoms with E-state index in [4.69, 9.17) is 10.5 Å². The van der Waals surface area contributed by atoms with Gasteiger partial charge in [-0.2, -0.15) is 0 Å². The van der Waals surface area contributed by atoms with Gasteiger partial charge in [-0.25, -0.2) is 4.39 Å². The molecule has 2 N–H and O–H groups in total. The van der Waals surface area contributed by atoms with E-state index in [0.29, 0.717) is 17.5 Å². The largest absolute Gasteiger partial charge is 0.380 e. The first-order chi connectivity index (χ1) is 7.33. The summed E-state index contributed by atoms with van der Waals surface area (Å²) in [5.74, 6) is -0.219. The number of methoxy groups -OCH3 is 1. The van der Waals surface area contributed by atoms with Crippen LogP contribution < -0.4 is 5.73 Å². The molecule has 0 spiro atoms. The second-order valence-corrected chi connectivity index (χ2v) is 5.55. The zero-order chi connectivity index (χ0) is 12.3. The molecule has 4 heteroatoms. The number of nitrogens with two attached hydrogens (primary N) is 1. The molecule has 1 aromatic rings. The van der Waals surface area contributed by atoms with Crippen molar-refractivity contribution < 1.29 is 9.13 Å². The molecule has 16 heavy (non-hydrogen) atoms. The Morgan fingerprint density at radius 2 is 1.94 bits per heavy atom. The molecule has 0 atom stereocenters. The molecule has 0 fully saturated rings. The van der Waals surface area contributed by atoms with Crippen molar-refractivity contribution in [2.45, 2.75) is 32.4 Å². The van der Waals surface area contributed by atoms with Crippen LogP contribution in [0, 0.1) is 5.82 Å². The van der Waals surface area contributed by atoms with Crippen LogP contribution in [0.25, 0.3) is 0 Å². The Labute approximate surface area is 104 Å². The van der Waals surface area contributed by atoms with Gasteiger partial charge >= 0.3 is 0 Å². The van der Waals surface area contributed by atoms with Crippen molar-refractivity contribution in [1.29, 1.82) is 0 Å². The molecule has 0 aliphatic carbocycles. The third-order valence-corrected chi connectivity index (χ3v) is 2.59. The van der Waals surface area contributed by atoms with E-state index in [1.165, 1.54) is 0 Å². The first-order valence-electron chi connectivity index (χ1n) is 5.08. The molecule has 0 aliphatic rings. The van der Waals surface area contributed by atoms with Gasteiger partial charge in [0, 0.05) is 22.7 Å². The standard InChI is InChI=1S/C12H17BrFNO/c1-12(2,15)6-8-4-10(13)5-9(7-16-3)11(8)14/h4-5H,6-7,15H2,1-3H3. The minimum Gasteiger partial charge on any atom is -0.380 e. The van der Waals surface area contributed by atoms with E-state index in [1.807, 2.05) is 13.8 Å². The van der Waals surface area contributed by atoms with Gasteiger partial charge in [0.1, 0.15) is 5.82 Å². The maximum Gasteiger partial charge on any atom is 0.132 e. The molecule has 0 heterocycles. The van der Waals surface area contributed by atoms with E-state index < -0.39 is 5.54 Å². The normalized spacial score (nSPS) is 11.9. The van der Waals surface area contributed by atoms with E-state index in [9.17, 15) is 4.39 Å². The van der Waals surface area contributed by atoms with E-state index in [-0.39, 0.29) is 12.4 Å². The van der Waals surface area contributed by atoms with Crippen LogP contribution in [0.2, 0.25) is 0 Å². The number of rotatable bonds is 4. The van der Waals surface area contributed by atoms with Crippen LogP contribution in [0.3, 0.4) is 0 Å². The predicted octanol–water partition coefficient (Wildman–Crippen LogP) is 3.01. The van der Waals surface area contributed by atoms with Crippen LogP contribution in [0.1, 0.15) is 25.0 Å². The van der Waals surface area contributed by atoms with Gasteiger partial charge < -0.3 is 10.5 Å². The quantitative estimate of drug-likeness (QED) is 0.925. The molecule has 2 nitrogen and oxygen atoms in total. The van der Waals surface area contributed by atoms with Gasteiger partial charge in [-0.1, -0.05) is 15.9 Å². The minimum absolute atomic E-state index is 0.219. The summed E-state index contributed by atoms with van der Waals surface area (Å²) in [6, 6.07) is 3.49. The Morgan fingerprint density at radius 1 is 1.38 bits per heavy atom. The summed E-state index contributed by atoms with van der Waals surface area (Å²) in [5, 5.41) is 0. The van der Waals surface area contributed by atoms with Crippen molar-refractivity contribution in [3.8, 4) is 0 Å². The molecule has 0 amide bonds. The lowest BCUT2D eigenvalue weighted by Crippen LogP contribution is -2.34.